The predicted octanol–water partition coefficient (Wildman–Crippen LogP) is 6.10. The average molecular weight is 455 g/mol. The highest BCUT2D eigenvalue weighted by atomic mass is 16.5. The highest BCUT2D eigenvalue weighted by Crippen LogP contribution is 2.36. The van der Waals surface area contributed by atoms with E-state index < -0.39 is 0 Å². The molecule has 0 spiro atoms. The van der Waals surface area contributed by atoms with Gasteiger partial charge in [-0.1, -0.05) is 35.9 Å². The summed E-state index contributed by atoms with van der Waals surface area (Å²) in [7, 11) is 0. The van der Waals surface area contributed by atoms with Crippen LogP contribution in [0.1, 0.15) is 41.7 Å². The minimum Gasteiger partial charge on any atom is -0.491 e. The minimum absolute atomic E-state index is 0.0433. The van der Waals surface area contributed by atoms with E-state index in [9.17, 15) is 9.59 Å². The van der Waals surface area contributed by atoms with Crippen molar-refractivity contribution in [2.45, 2.75) is 47.6 Å². The molecule has 4 rings (SSSR count). The summed E-state index contributed by atoms with van der Waals surface area (Å²) < 4.78 is 5.75. The fourth-order valence-electron chi connectivity index (χ4n) is 4.12. The molecule has 3 aromatic rings. The molecule has 5 heteroatoms. The Bertz CT molecular complexity index is 1300. The van der Waals surface area contributed by atoms with E-state index in [0.29, 0.717) is 22.6 Å². The van der Waals surface area contributed by atoms with Crippen LogP contribution in [0.25, 0.3) is 5.57 Å². The summed E-state index contributed by atoms with van der Waals surface area (Å²) >= 11 is 0. The number of aryl methyl sites for hydroxylation is 4. The third-order valence-electron chi connectivity index (χ3n) is 5.97. The summed E-state index contributed by atoms with van der Waals surface area (Å²) in [5, 5.41) is 3.25. The Labute approximate surface area is 201 Å². The van der Waals surface area contributed by atoms with Crippen LogP contribution in [0.4, 0.5) is 11.4 Å². The van der Waals surface area contributed by atoms with Crippen LogP contribution >= 0.6 is 0 Å². The summed E-state index contributed by atoms with van der Waals surface area (Å²) in [6.45, 7) is 11.9. The minimum atomic E-state index is -0.368. The van der Waals surface area contributed by atoms with Gasteiger partial charge in [0.15, 0.2) is 0 Å². The molecule has 2 amide bonds. The molecule has 34 heavy (non-hydrogen) atoms. The number of carbonyl (C=O) groups is 2. The zero-order valence-corrected chi connectivity index (χ0v) is 20.5. The molecule has 0 aromatic heterocycles. The Balaban J connectivity index is 1.80. The predicted molar refractivity (Wildman–Crippen MR) is 137 cm³/mol. The standard InChI is InChI=1S/C29H30N2O3/c1-17(2)34-24-12-9-22(10-13-24)26-27(30-23-11-8-19(4)20(5)16-23)29(33)31(28(26)32)25-14-7-18(3)15-21(25)6/h7-17,30H,1-6H3. The van der Waals surface area contributed by atoms with Crippen LogP contribution in [0.2, 0.25) is 0 Å². The second-order valence-corrected chi connectivity index (χ2v) is 9.10. The van der Waals surface area contributed by atoms with Gasteiger partial charge in [0.05, 0.1) is 17.4 Å². The van der Waals surface area contributed by atoms with Crippen molar-refractivity contribution in [3.05, 3.63) is 94.2 Å². The van der Waals surface area contributed by atoms with Crippen LogP contribution < -0.4 is 15.0 Å². The monoisotopic (exact) mass is 454 g/mol. The number of nitrogens with zero attached hydrogens (tertiary/aromatic N) is 1. The number of anilines is 2. The molecule has 0 fully saturated rings. The van der Waals surface area contributed by atoms with E-state index >= 15 is 0 Å². The fraction of sp³-hybridized carbons (Fsp3) is 0.241. The maximum Gasteiger partial charge on any atom is 0.282 e. The Morgan fingerprint density at radius 2 is 1.47 bits per heavy atom. The molecule has 0 atom stereocenters. The average Bonchev–Trinajstić information content (AvgIpc) is 3.01. The van der Waals surface area contributed by atoms with Gasteiger partial charge in [-0.05, 0) is 94.1 Å². The van der Waals surface area contributed by atoms with Crippen molar-refractivity contribution in [2.24, 2.45) is 0 Å². The van der Waals surface area contributed by atoms with Crippen LogP contribution in [0, 0.1) is 27.7 Å². The van der Waals surface area contributed by atoms with Gasteiger partial charge in [-0.2, -0.15) is 0 Å². The highest BCUT2D eigenvalue weighted by molar-refractivity contribution is 6.46. The van der Waals surface area contributed by atoms with E-state index in [-0.39, 0.29) is 23.6 Å². The molecule has 5 nitrogen and oxygen atoms in total. The van der Waals surface area contributed by atoms with Crippen molar-refractivity contribution >= 4 is 28.8 Å². The Kier molecular flexibility index (Phi) is 6.29. The second-order valence-electron chi connectivity index (χ2n) is 9.10. The third-order valence-corrected chi connectivity index (χ3v) is 5.97. The van der Waals surface area contributed by atoms with Gasteiger partial charge >= 0.3 is 0 Å². The molecule has 0 saturated carbocycles. The smallest absolute Gasteiger partial charge is 0.282 e. The largest absolute Gasteiger partial charge is 0.491 e. The molecular weight excluding hydrogens is 424 g/mol. The van der Waals surface area contributed by atoms with Gasteiger partial charge in [0.2, 0.25) is 0 Å². The van der Waals surface area contributed by atoms with Crippen LogP contribution in [0.5, 0.6) is 5.75 Å². The number of amides is 2. The molecular formula is C29H30N2O3. The fourth-order valence-corrected chi connectivity index (χ4v) is 4.12. The number of hydrogen-bond acceptors (Lipinski definition) is 4. The first-order valence-electron chi connectivity index (χ1n) is 11.5. The van der Waals surface area contributed by atoms with Gasteiger partial charge in [0, 0.05) is 5.69 Å². The number of ether oxygens (including phenoxy) is 1. The van der Waals surface area contributed by atoms with E-state index in [0.717, 1.165) is 27.9 Å². The SMILES string of the molecule is Cc1ccc(N2C(=O)C(Nc3ccc(C)c(C)c3)=C(c3ccc(OC(C)C)cc3)C2=O)c(C)c1. The highest BCUT2D eigenvalue weighted by Gasteiger charge is 2.40. The maximum atomic E-state index is 13.7. The summed E-state index contributed by atoms with van der Waals surface area (Å²) in [6.07, 6.45) is 0.0433. The Hall–Kier alpha value is -3.86. The second kappa shape index (κ2) is 9.18. The molecule has 3 aromatic carbocycles. The first-order valence-corrected chi connectivity index (χ1v) is 11.5. The van der Waals surface area contributed by atoms with Crippen molar-refractivity contribution in [2.75, 3.05) is 10.2 Å². The van der Waals surface area contributed by atoms with E-state index in [4.69, 9.17) is 4.74 Å². The van der Waals surface area contributed by atoms with Crippen LogP contribution in [-0.2, 0) is 9.59 Å². The lowest BCUT2D eigenvalue weighted by molar-refractivity contribution is -0.120. The summed E-state index contributed by atoms with van der Waals surface area (Å²) in [4.78, 5) is 28.7. The molecule has 0 unspecified atom stereocenters. The first kappa shape index (κ1) is 23.3. The molecule has 0 bridgehead atoms. The third kappa shape index (κ3) is 4.46. The number of carbonyl (C=O) groups excluding carboxylic acids is 2. The van der Waals surface area contributed by atoms with E-state index in [2.05, 4.69) is 5.32 Å². The van der Waals surface area contributed by atoms with Gasteiger partial charge in [0.25, 0.3) is 11.8 Å². The number of imide groups is 1. The maximum absolute atomic E-state index is 13.7. The zero-order valence-electron chi connectivity index (χ0n) is 20.5. The van der Waals surface area contributed by atoms with Crippen molar-refractivity contribution in [3.8, 4) is 5.75 Å². The van der Waals surface area contributed by atoms with Gasteiger partial charge in [-0.3, -0.25) is 9.59 Å². The van der Waals surface area contributed by atoms with Crippen molar-refractivity contribution in [3.63, 3.8) is 0 Å². The molecule has 0 aliphatic carbocycles. The van der Waals surface area contributed by atoms with Crippen LogP contribution in [-0.4, -0.2) is 17.9 Å². The zero-order chi connectivity index (χ0) is 24.6. The lowest BCUT2D eigenvalue weighted by Gasteiger charge is -2.18. The normalized spacial score (nSPS) is 13.8. The number of nitrogens with one attached hydrogen (secondary N) is 1. The van der Waals surface area contributed by atoms with Crippen LogP contribution in [0.3, 0.4) is 0 Å². The van der Waals surface area contributed by atoms with Crippen LogP contribution in [0.15, 0.2) is 66.4 Å². The van der Waals surface area contributed by atoms with E-state index in [1.54, 1.807) is 0 Å². The van der Waals surface area contributed by atoms with Gasteiger partial charge in [-0.15, -0.1) is 0 Å². The van der Waals surface area contributed by atoms with Gasteiger partial charge in [-0.25, -0.2) is 4.90 Å². The van der Waals surface area contributed by atoms with Crippen molar-refractivity contribution in [1.29, 1.82) is 0 Å². The summed E-state index contributed by atoms with van der Waals surface area (Å²) in [6, 6.07) is 18.9. The van der Waals surface area contributed by atoms with Gasteiger partial charge < -0.3 is 10.1 Å². The number of hydrogen-bond donors (Lipinski definition) is 1. The topological polar surface area (TPSA) is 58.6 Å². The lowest BCUT2D eigenvalue weighted by atomic mass is 10.0. The first-order chi connectivity index (χ1) is 16.2. The van der Waals surface area contributed by atoms with Crippen molar-refractivity contribution in [1.82, 2.24) is 0 Å². The number of benzene rings is 3. The molecule has 0 radical (unpaired) electrons. The molecule has 0 saturated heterocycles. The molecule has 1 aliphatic rings. The molecule has 1 N–H and O–H groups in total. The van der Waals surface area contributed by atoms with E-state index in [1.165, 1.54) is 4.90 Å². The van der Waals surface area contributed by atoms with Gasteiger partial charge in [0.1, 0.15) is 11.4 Å². The molecule has 174 valence electrons. The Morgan fingerprint density at radius 1 is 0.765 bits per heavy atom. The lowest BCUT2D eigenvalue weighted by Crippen LogP contribution is -2.33. The summed E-state index contributed by atoms with van der Waals surface area (Å²) in [5.41, 5.74) is 6.83. The summed E-state index contributed by atoms with van der Waals surface area (Å²) in [5.74, 6) is -0.000436. The number of rotatable bonds is 6. The van der Waals surface area contributed by atoms with Crippen molar-refractivity contribution < 1.29 is 14.3 Å². The quantitative estimate of drug-likeness (QED) is 0.457. The van der Waals surface area contributed by atoms with E-state index in [1.807, 2.05) is 102 Å². The molecule has 1 heterocycles. The Morgan fingerprint density at radius 3 is 2.09 bits per heavy atom. The molecule has 1 aliphatic heterocycles.